The number of hydrogen-bond acceptors (Lipinski definition) is 3. The van der Waals surface area contributed by atoms with E-state index in [2.05, 4.69) is 13.8 Å². The zero-order valence-electron chi connectivity index (χ0n) is 13.6. The molecule has 4 saturated carbocycles. The van der Waals surface area contributed by atoms with E-state index in [-0.39, 0.29) is 15.7 Å². The molecule has 2 atom stereocenters. The van der Waals surface area contributed by atoms with Crippen molar-refractivity contribution in [1.82, 2.24) is 0 Å². The van der Waals surface area contributed by atoms with Gasteiger partial charge in [0.15, 0.2) is 0 Å². The fourth-order valence-corrected chi connectivity index (χ4v) is 7.01. The molecule has 0 saturated heterocycles. The van der Waals surface area contributed by atoms with Crippen molar-refractivity contribution < 1.29 is 12.6 Å². The van der Waals surface area contributed by atoms with E-state index < -0.39 is 15.7 Å². The molecule has 4 heteroatoms. The zero-order chi connectivity index (χ0) is 15.8. The van der Waals surface area contributed by atoms with Crippen molar-refractivity contribution >= 4 is 10.1 Å². The highest BCUT2D eigenvalue weighted by atomic mass is 32.2. The molecule has 4 fully saturated rings. The molecule has 120 valence electrons. The van der Waals surface area contributed by atoms with Gasteiger partial charge < -0.3 is 0 Å². The van der Waals surface area contributed by atoms with Gasteiger partial charge in [0.1, 0.15) is 0 Å². The average molecular weight is 320 g/mol. The number of aryl methyl sites for hydroxylation is 1. The minimum Gasteiger partial charge on any atom is -0.260 e. The van der Waals surface area contributed by atoms with E-state index in [1.54, 1.807) is 12.1 Å². The van der Waals surface area contributed by atoms with Crippen LogP contribution in [0.25, 0.3) is 0 Å². The van der Waals surface area contributed by atoms with E-state index >= 15 is 0 Å². The molecular formula is C18H24O3S. The third kappa shape index (κ3) is 1.93. The summed E-state index contributed by atoms with van der Waals surface area (Å²) in [6, 6.07) is 6.96. The van der Waals surface area contributed by atoms with E-state index in [0.717, 1.165) is 24.8 Å². The number of rotatable bonds is 3. The molecule has 2 unspecified atom stereocenters. The van der Waals surface area contributed by atoms with E-state index in [4.69, 9.17) is 4.18 Å². The molecular weight excluding hydrogens is 296 g/mol. The van der Waals surface area contributed by atoms with Gasteiger partial charge in [0.2, 0.25) is 0 Å². The molecule has 0 radical (unpaired) electrons. The van der Waals surface area contributed by atoms with Crippen molar-refractivity contribution in [2.24, 2.45) is 16.7 Å². The third-order valence-electron chi connectivity index (χ3n) is 6.62. The Bertz CT molecular complexity index is 701. The molecule has 0 N–H and O–H groups in total. The van der Waals surface area contributed by atoms with Crippen LogP contribution >= 0.6 is 0 Å². The van der Waals surface area contributed by atoms with Crippen LogP contribution in [0.2, 0.25) is 0 Å². The van der Waals surface area contributed by atoms with Gasteiger partial charge in [0, 0.05) is 0 Å². The molecule has 4 aliphatic rings. The Labute approximate surface area is 133 Å². The standard InChI is InChI=1S/C18H24O3S/c1-13-4-6-15(7-5-13)22(19,20)21-18-10-14-8-16(2,11-18)17(3,9-14)12-18/h4-7,14H,8-12H2,1-3H3. The first-order valence-corrected chi connectivity index (χ1v) is 9.59. The van der Waals surface area contributed by atoms with Crippen molar-refractivity contribution in [3.63, 3.8) is 0 Å². The van der Waals surface area contributed by atoms with Crippen LogP contribution in [-0.2, 0) is 14.3 Å². The van der Waals surface area contributed by atoms with Gasteiger partial charge in [-0.1, -0.05) is 31.5 Å². The molecule has 1 aromatic rings. The Hall–Kier alpha value is -0.870. The van der Waals surface area contributed by atoms with E-state index in [1.807, 2.05) is 19.1 Å². The second-order valence-electron chi connectivity index (χ2n) is 8.49. The highest BCUT2D eigenvalue weighted by molar-refractivity contribution is 7.86. The van der Waals surface area contributed by atoms with Crippen LogP contribution in [0.15, 0.2) is 29.2 Å². The summed E-state index contributed by atoms with van der Waals surface area (Å²) < 4.78 is 31.3. The van der Waals surface area contributed by atoms with Crippen LogP contribution in [0.4, 0.5) is 0 Å². The fourth-order valence-electron chi connectivity index (χ4n) is 5.79. The van der Waals surface area contributed by atoms with Gasteiger partial charge >= 0.3 is 0 Å². The minimum atomic E-state index is -3.68. The SMILES string of the molecule is Cc1ccc(S(=O)(=O)OC23CC4CC(C)(C2)C(C)(C4)C3)cc1. The number of benzene rings is 1. The molecule has 0 amide bonds. The summed E-state index contributed by atoms with van der Waals surface area (Å²) in [4.78, 5) is 0.283. The molecule has 1 aromatic carbocycles. The summed E-state index contributed by atoms with van der Waals surface area (Å²) in [6.45, 7) is 6.61. The van der Waals surface area contributed by atoms with Crippen molar-refractivity contribution in [2.45, 2.75) is 63.4 Å². The maximum absolute atomic E-state index is 12.7. The van der Waals surface area contributed by atoms with Gasteiger partial charge in [0.05, 0.1) is 10.5 Å². The first kappa shape index (κ1) is 14.7. The Morgan fingerprint density at radius 2 is 1.55 bits per heavy atom. The Balaban J connectivity index is 1.66. The topological polar surface area (TPSA) is 43.4 Å². The lowest BCUT2D eigenvalue weighted by Gasteiger charge is -2.39. The van der Waals surface area contributed by atoms with Crippen LogP contribution in [0.5, 0.6) is 0 Å². The van der Waals surface area contributed by atoms with E-state index in [0.29, 0.717) is 5.92 Å². The van der Waals surface area contributed by atoms with Gasteiger partial charge in [-0.15, -0.1) is 0 Å². The first-order valence-electron chi connectivity index (χ1n) is 8.18. The normalized spacial score (nSPS) is 43.0. The van der Waals surface area contributed by atoms with Gasteiger partial charge in [0.25, 0.3) is 10.1 Å². The quantitative estimate of drug-likeness (QED) is 0.789. The summed E-state index contributed by atoms with van der Waals surface area (Å²) in [7, 11) is -3.68. The Morgan fingerprint density at radius 3 is 2.05 bits per heavy atom. The van der Waals surface area contributed by atoms with Crippen LogP contribution in [0.1, 0.15) is 51.5 Å². The first-order chi connectivity index (χ1) is 10.2. The summed E-state index contributed by atoms with van der Waals surface area (Å²) in [5.74, 6) is 0.630. The molecule has 3 nitrogen and oxygen atoms in total. The summed E-state index contributed by atoms with van der Waals surface area (Å²) in [6.07, 6.45) is 5.15. The Kier molecular flexibility index (Phi) is 2.77. The van der Waals surface area contributed by atoms with Crippen LogP contribution in [-0.4, -0.2) is 14.0 Å². The third-order valence-corrected chi connectivity index (χ3v) is 8.04. The maximum atomic E-state index is 12.7. The molecule has 0 heterocycles. The molecule has 4 aliphatic carbocycles. The highest BCUT2D eigenvalue weighted by Gasteiger charge is 2.69. The summed E-state index contributed by atoms with van der Waals surface area (Å²) in [5.41, 5.74) is 1.09. The minimum absolute atomic E-state index is 0.249. The van der Waals surface area contributed by atoms with Crippen molar-refractivity contribution in [3.8, 4) is 0 Å². The molecule has 0 aromatic heterocycles. The fraction of sp³-hybridized carbons (Fsp3) is 0.667. The van der Waals surface area contributed by atoms with Gasteiger partial charge in [-0.2, -0.15) is 8.42 Å². The zero-order valence-corrected chi connectivity index (χ0v) is 14.4. The average Bonchev–Trinajstić information content (AvgIpc) is 2.62. The predicted molar refractivity (Wildman–Crippen MR) is 85.0 cm³/mol. The highest BCUT2D eigenvalue weighted by Crippen LogP contribution is 2.74. The second kappa shape index (κ2) is 4.15. The Morgan fingerprint density at radius 1 is 1.00 bits per heavy atom. The lowest BCUT2D eigenvalue weighted by atomic mass is 9.71. The van der Waals surface area contributed by atoms with Crippen molar-refractivity contribution in [2.75, 3.05) is 0 Å². The van der Waals surface area contributed by atoms with Gasteiger partial charge in [-0.25, -0.2) is 0 Å². The van der Waals surface area contributed by atoms with Gasteiger partial charge in [-0.3, -0.25) is 4.18 Å². The van der Waals surface area contributed by atoms with Crippen LogP contribution < -0.4 is 0 Å². The lowest BCUT2D eigenvalue weighted by molar-refractivity contribution is 0.00666. The molecule has 0 aliphatic heterocycles. The second-order valence-corrected chi connectivity index (χ2v) is 10.0. The molecule has 4 bridgehead atoms. The molecule has 0 spiro atoms. The van der Waals surface area contributed by atoms with Gasteiger partial charge in [-0.05, 0) is 67.9 Å². The molecule has 5 rings (SSSR count). The van der Waals surface area contributed by atoms with Crippen molar-refractivity contribution in [3.05, 3.63) is 29.8 Å². The lowest BCUT2D eigenvalue weighted by Crippen LogP contribution is -2.40. The number of hydrogen-bond donors (Lipinski definition) is 0. The van der Waals surface area contributed by atoms with Crippen LogP contribution in [0.3, 0.4) is 0 Å². The maximum Gasteiger partial charge on any atom is 0.297 e. The molecule has 22 heavy (non-hydrogen) atoms. The van der Waals surface area contributed by atoms with E-state index in [1.165, 1.54) is 12.8 Å². The monoisotopic (exact) mass is 320 g/mol. The largest absolute Gasteiger partial charge is 0.297 e. The van der Waals surface area contributed by atoms with Crippen molar-refractivity contribution in [1.29, 1.82) is 0 Å². The predicted octanol–water partition coefficient (Wildman–Crippen LogP) is 4.06. The van der Waals surface area contributed by atoms with E-state index in [9.17, 15) is 8.42 Å². The van der Waals surface area contributed by atoms with Crippen LogP contribution in [0, 0.1) is 23.7 Å². The smallest absolute Gasteiger partial charge is 0.260 e. The summed E-state index contributed by atoms with van der Waals surface area (Å²) >= 11 is 0. The summed E-state index contributed by atoms with van der Waals surface area (Å²) in [5, 5.41) is 0.